The number of aromatic amines is 1. The van der Waals surface area contributed by atoms with Crippen LogP contribution in [0.2, 0.25) is 0 Å². The number of aliphatic hydroxyl groups excluding tert-OH is 2. The van der Waals surface area contributed by atoms with Crippen molar-refractivity contribution in [2.75, 3.05) is 32.8 Å². The van der Waals surface area contributed by atoms with Crippen molar-refractivity contribution in [2.45, 2.75) is 171 Å². The number of hydrogen-bond donors (Lipinski definition) is 22. The number of nitrogens with zero attached hydrogens (tertiary/aromatic N) is 3. The second kappa shape index (κ2) is 41.6. The minimum absolute atomic E-state index is 0.00265. The molecule has 11 amide bonds. The Morgan fingerprint density at radius 1 is 0.581 bits per heavy atom. The molecule has 0 saturated heterocycles. The first kappa shape index (κ1) is 79.3. The van der Waals surface area contributed by atoms with Gasteiger partial charge < -0.3 is 119 Å². The van der Waals surface area contributed by atoms with Gasteiger partial charge in [-0.25, -0.2) is 9.78 Å². The normalized spacial score (nSPS) is 14.8. The third-order valence-corrected chi connectivity index (χ3v) is 14.2. The van der Waals surface area contributed by atoms with Gasteiger partial charge in [0.05, 0.1) is 31.6 Å². The number of aliphatic carboxylic acids is 1. The van der Waals surface area contributed by atoms with Crippen molar-refractivity contribution in [3.8, 4) is 5.75 Å². The fourth-order valence-corrected chi connectivity index (χ4v) is 8.74. The number of nitrogens with one attached hydrogen (secondary N) is 11. The molecule has 0 unspecified atom stereocenters. The first-order valence-electron chi connectivity index (χ1n) is 30.0. The summed E-state index contributed by atoms with van der Waals surface area (Å²) in [6, 6.07) is -9.56. The number of aromatic hydroxyl groups is 1. The van der Waals surface area contributed by atoms with Crippen LogP contribution in [0.4, 0.5) is 0 Å². The fourth-order valence-electron chi connectivity index (χ4n) is 8.74. The number of imidazole rings is 1. The summed E-state index contributed by atoms with van der Waals surface area (Å²) in [6.45, 7) is 4.17. The number of amides is 11. The second-order valence-corrected chi connectivity index (χ2v) is 21.9. The maximum absolute atomic E-state index is 14.1. The van der Waals surface area contributed by atoms with Gasteiger partial charge in [-0.05, 0) is 95.4 Å². The molecule has 37 heteroatoms. The maximum atomic E-state index is 14.1. The Morgan fingerprint density at radius 3 is 1.60 bits per heavy atom. The number of aliphatic imine (C=N–C) groups is 2. The molecule has 0 bridgehead atoms. The molecule has 12 atom stereocenters. The minimum atomic E-state index is -1.78. The summed E-state index contributed by atoms with van der Waals surface area (Å²) in [7, 11) is 0. The van der Waals surface area contributed by atoms with Crippen LogP contribution in [0.3, 0.4) is 0 Å². The number of guanidine groups is 2. The van der Waals surface area contributed by atoms with Crippen molar-refractivity contribution in [1.29, 1.82) is 0 Å². The van der Waals surface area contributed by atoms with Crippen LogP contribution in [0, 0.1) is 5.92 Å². The molecule has 1 heterocycles. The lowest BCUT2D eigenvalue weighted by Crippen LogP contribution is -2.61. The monoisotopic (exact) mass is 1320 g/mol. The molecule has 29 N–H and O–H groups in total. The molecule has 518 valence electrons. The number of carbonyl (C=O) groups excluding carboxylic acids is 11. The third-order valence-electron chi connectivity index (χ3n) is 14.2. The van der Waals surface area contributed by atoms with Crippen LogP contribution in [-0.2, 0) is 70.4 Å². The molecule has 0 aliphatic carbocycles. The number of carboxylic acid groups (broad SMARTS) is 1. The molecule has 0 spiro atoms. The van der Waals surface area contributed by atoms with Crippen LogP contribution in [-0.4, -0.2) is 213 Å². The summed E-state index contributed by atoms with van der Waals surface area (Å²) in [5, 5.41) is 64.8. The first-order valence-corrected chi connectivity index (χ1v) is 30.0. The highest BCUT2D eigenvalue weighted by molar-refractivity contribution is 5.99. The van der Waals surface area contributed by atoms with Crippen LogP contribution < -0.4 is 93.3 Å². The highest BCUT2D eigenvalue weighted by Gasteiger charge is 2.37. The molecule has 93 heavy (non-hydrogen) atoms. The van der Waals surface area contributed by atoms with E-state index in [4.69, 9.17) is 40.1 Å². The average Bonchev–Trinajstić information content (AvgIpc) is 1.62. The van der Waals surface area contributed by atoms with E-state index >= 15 is 0 Å². The number of unbranched alkanes of at least 4 members (excludes halogenated alkanes) is 1. The highest BCUT2D eigenvalue weighted by atomic mass is 16.4. The molecule has 2 aromatic rings. The lowest BCUT2D eigenvalue weighted by Gasteiger charge is -2.28. The molecule has 0 saturated carbocycles. The fraction of sp³-hybridized carbons (Fsp3) is 0.589. The number of benzene rings is 1. The molecule has 0 fully saturated rings. The Kier molecular flexibility index (Phi) is 35.5. The zero-order chi connectivity index (χ0) is 69.9. The van der Waals surface area contributed by atoms with Gasteiger partial charge in [0.2, 0.25) is 65.0 Å². The van der Waals surface area contributed by atoms with Crippen molar-refractivity contribution in [1.82, 2.24) is 63.1 Å². The van der Waals surface area contributed by atoms with Gasteiger partial charge in [-0.3, -0.25) is 62.7 Å². The number of primary amides is 1. The summed E-state index contributed by atoms with van der Waals surface area (Å²) in [5.74, 6) is -13.2. The van der Waals surface area contributed by atoms with Gasteiger partial charge in [0.1, 0.15) is 60.1 Å². The van der Waals surface area contributed by atoms with Gasteiger partial charge in [-0.15, -0.1) is 0 Å². The standard InChI is InChI=1S/C56H93N21O16/c1-5-28(2)43(54(92)93)76-53(91)44(30(4)79)77-49(87)37(17-18-41(59)81)73-51(89)38(22-31-13-15-33(80)16-14-31)70-42(82)25-67-45(83)29(3)69-50(88)39(23-32-24-64-27-68-32)74-52(90)40(26-78)75-48(86)36(12-9-21-66-56(62)63)72-47(85)35(11-6-7-19-57)71-46(84)34(58)10-8-20-65-55(60)61/h13-16,24,27-30,34-40,43-44,78-80H,5-12,17-23,25-26,57-58H2,1-4H3,(H2,59,81)(H,64,68)(H,67,83)(H,69,88)(H,70,82)(H,71,84)(H,72,85)(H,73,89)(H,74,90)(H,75,86)(H,76,91)(H,77,87)(H,92,93)(H4,60,61,65)(H4,62,63,66)/t28-,29-,30+,34-,35-,36-,37-,38-,39-,40-,43-,44-/m0/s1. The Balaban J connectivity index is 2.33. The summed E-state index contributed by atoms with van der Waals surface area (Å²) in [5.41, 5.74) is 39.5. The van der Waals surface area contributed by atoms with Crippen molar-refractivity contribution in [2.24, 2.45) is 56.0 Å². The molecule has 2 rings (SSSR count). The summed E-state index contributed by atoms with van der Waals surface area (Å²) < 4.78 is 0. The number of H-pyrrole nitrogens is 1. The predicted molar refractivity (Wildman–Crippen MR) is 335 cm³/mol. The topological polar surface area (TPSA) is 642 Å². The first-order chi connectivity index (χ1) is 43.9. The predicted octanol–water partition coefficient (Wildman–Crippen LogP) is -8.27. The van der Waals surface area contributed by atoms with Gasteiger partial charge in [-0.1, -0.05) is 32.4 Å². The van der Waals surface area contributed by atoms with E-state index in [0.29, 0.717) is 36.9 Å². The van der Waals surface area contributed by atoms with Crippen molar-refractivity contribution >= 4 is 82.9 Å². The van der Waals surface area contributed by atoms with Gasteiger partial charge in [0, 0.05) is 44.2 Å². The zero-order valence-corrected chi connectivity index (χ0v) is 52.5. The molecular weight excluding hydrogens is 1220 g/mol. The number of rotatable bonds is 44. The lowest BCUT2D eigenvalue weighted by molar-refractivity contribution is -0.144. The van der Waals surface area contributed by atoms with Gasteiger partial charge in [0.15, 0.2) is 11.9 Å². The van der Waals surface area contributed by atoms with Crippen molar-refractivity contribution in [3.05, 3.63) is 48.0 Å². The largest absolute Gasteiger partial charge is 0.508 e. The average molecular weight is 1320 g/mol. The summed E-state index contributed by atoms with van der Waals surface area (Å²) in [4.78, 5) is 176. The number of carbonyl (C=O) groups is 12. The van der Waals surface area contributed by atoms with Crippen LogP contribution in [0.15, 0.2) is 46.8 Å². The van der Waals surface area contributed by atoms with E-state index in [1.807, 2.05) is 0 Å². The van der Waals surface area contributed by atoms with E-state index < -0.39 is 169 Å². The number of phenolic OH excluding ortho intramolecular Hbond substituents is 1. The van der Waals surface area contributed by atoms with Gasteiger partial charge in [0.25, 0.3) is 0 Å². The molecule has 0 aliphatic heterocycles. The number of carboxylic acids is 1. The molecule has 0 radical (unpaired) electrons. The van der Waals surface area contributed by atoms with E-state index in [1.54, 1.807) is 13.8 Å². The van der Waals surface area contributed by atoms with E-state index in [1.165, 1.54) is 43.7 Å². The van der Waals surface area contributed by atoms with Crippen molar-refractivity contribution < 1.29 is 78.0 Å². The Hall–Kier alpha value is -9.75. The van der Waals surface area contributed by atoms with Crippen LogP contribution in [0.1, 0.15) is 103 Å². The minimum Gasteiger partial charge on any atom is -0.508 e. The summed E-state index contributed by atoms with van der Waals surface area (Å²) >= 11 is 0. The van der Waals surface area contributed by atoms with Gasteiger partial charge >= 0.3 is 5.97 Å². The van der Waals surface area contributed by atoms with Crippen molar-refractivity contribution in [3.63, 3.8) is 0 Å². The Morgan fingerprint density at radius 2 is 1.08 bits per heavy atom. The quantitative estimate of drug-likeness (QED) is 0.0166. The maximum Gasteiger partial charge on any atom is 0.326 e. The number of aliphatic hydroxyl groups is 2. The van der Waals surface area contributed by atoms with Crippen LogP contribution >= 0.6 is 0 Å². The Labute approximate surface area is 536 Å². The molecule has 1 aromatic heterocycles. The smallest absolute Gasteiger partial charge is 0.326 e. The third kappa shape index (κ3) is 30.3. The number of nitrogens with two attached hydrogens (primary N) is 7. The van der Waals surface area contributed by atoms with Crippen LogP contribution in [0.25, 0.3) is 0 Å². The molecule has 37 nitrogen and oxygen atoms in total. The molecular formula is C56H93N21O16. The van der Waals surface area contributed by atoms with E-state index in [-0.39, 0.29) is 75.8 Å². The van der Waals surface area contributed by atoms with Gasteiger partial charge in [-0.2, -0.15) is 0 Å². The van der Waals surface area contributed by atoms with E-state index in [0.717, 1.165) is 6.92 Å². The summed E-state index contributed by atoms with van der Waals surface area (Å²) in [6.07, 6.45) is 1.11. The molecule has 0 aliphatic rings. The van der Waals surface area contributed by atoms with E-state index in [2.05, 4.69) is 73.1 Å². The zero-order valence-electron chi connectivity index (χ0n) is 52.5. The number of phenols is 1. The van der Waals surface area contributed by atoms with Crippen LogP contribution in [0.5, 0.6) is 5.75 Å². The number of hydrogen-bond acceptors (Lipinski definition) is 20. The Bertz CT molecular complexity index is 2850. The van der Waals surface area contributed by atoms with E-state index in [9.17, 15) is 78.0 Å². The molecule has 1 aromatic carbocycles. The lowest BCUT2D eigenvalue weighted by atomic mass is 9.98. The second-order valence-electron chi connectivity index (χ2n) is 21.9. The SMILES string of the molecule is CC[C@H](C)[C@H](NC(=O)[C@@H](NC(=O)[C@H](CCC(N)=O)NC(=O)[C@H](Cc1ccc(O)cc1)NC(=O)CNC(=O)[C@H](C)NC(=O)[C@H](Cc1cnc[nH]1)NC(=O)[C@H](CO)NC(=O)[C@H](CCCN=C(N)N)NC(=O)[C@H](CCCCN)NC(=O)[C@@H](N)CCCN=C(N)N)[C@@H](C)O)C(=O)O. The number of aromatic nitrogens is 2. The highest BCUT2D eigenvalue weighted by Crippen LogP contribution is 2.14.